The molecule has 3 aromatic carbocycles. The number of hydrogen-bond acceptors (Lipinski definition) is 2. The smallest absolute Gasteiger partial charge is 0.243 e. The highest BCUT2D eigenvalue weighted by Crippen LogP contribution is 2.26. The maximum Gasteiger partial charge on any atom is 0.243 e. The average Bonchev–Trinajstić information content (AvgIpc) is 2.79. The van der Waals surface area contributed by atoms with E-state index in [9.17, 15) is 9.59 Å². The molecular formula is C27H27BrCl2N2O2. The minimum Gasteiger partial charge on any atom is -0.352 e. The number of carbonyl (C=O) groups excluding carboxylic acids is 2. The van der Waals surface area contributed by atoms with Gasteiger partial charge in [0.15, 0.2) is 0 Å². The third-order valence-corrected chi connectivity index (χ3v) is 6.54. The molecule has 0 heterocycles. The number of nitrogens with zero attached hydrogens (tertiary/aromatic N) is 1. The monoisotopic (exact) mass is 560 g/mol. The number of nitrogens with one attached hydrogen (secondary N) is 1. The first-order valence-electron chi connectivity index (χ1n) is 11.1. The summed E-state index contributed by atoms with van der Waals surface area (Å²) < 4.78 is 0.901. The molecule has 3 rings (SSSR count). The average molecular weight is 562 g/mol. The van der Waals surface area contributed by atoms with Crippen molar-refractivity contribution in [2.45, 2.75) is 45.3 Å². The van der Waals surface area contributed by atoms with Crippen LogP contribution in [0.5, 0.6) is 0 Å². The van der Waals surface area contributed by atoms with E-state index in [4.69, 9.17) is 23.2 Å². The van der Waals surface area contributed by atoms with Crippen molar-refractivity contribution in [2.24, 2.45) is 0 Å². The number of rotatable bonds is 9. The van der Waals surface area contributed by atoms with E-state index in [1.165, 1.54) is 0 Å². The molecule has 0 saturated carbocycles. The Bertz CT molecular complexity index is 1120. The van der Waals surface area contributed by atoms with E-state index in [0.717, 1.165) is 15.6 Å². The van der Waals surface area contributed by atoms with Crippen molar-refractivity contribution in [3.8, 4) is 0 Å². The molecule has 0 aliphatic carbocycles. The van der Waals surface area contributed by atoms with E-state index in [-0.39, 0.29) is 30.8 Å². The Labute approximate surface area is 219 Å². The van der Waals surface area contributed by atoms with Crippen LogP contribution in [0, 0.1) is 0 Å². The van der Waals surface area contributed by atoms with Crippen molar-refractivity contribution < 1.29 is 9.59 Å². The second-order valence-corrected chi connectivity index (χ2v) is 10.1. The van der Waals surface area contributed by atoms with Crippen LogP contribution in [-0.4, -0.2) is 28.8 Å². The third kappa shape index (κ3) is 7.33. The Morgan fingerprint density at radius 1 is 0.912 bits per heavy atom. The number of halogens is 3. The fourth-order valence-corrected chi connectivity index (χ4v) is 4.70. The summed E-state index contributed by atoms with van der Waals surface area (Å²) in [6.07, 6.45) is 0.377. The molecular weight excluding hydrogens is 535 g/mol. The number of carbonyl (C=O) groups is 2. The molecule has 1 N–H and O–H groups in total. The van der Waals surface area contributed by atoms with Gasteiger partial charge in [-0.1, -0.05) is 87.7 Å². The highest BCUT2D eigenvalue weighted by molar-refractivity contribution is 9.10. The van der Waals surface area contributed by atoms with Crippen molar-refractivity contribution >= 4 is 50.9 Å². The quantitative estimate of drug-likeness (QED) is 0.326. The van der Waals surface area contributed by atoms with Gasteiger partial charge in [0.05, 0.1) is 6.42 Å². The summed E-state index contributed by atoms with van der Waals surface area (Å²) in [5, 5.41) is 3.84. The fourth-order valence-electron chi connectivity index (χ4n) is 3.72. The zero-order valence-corrected chi connectivity index (χ0v) is 22.2. The van der Waals surface area contributed by atoms with Gasteiger partial charge in [-0.3, -0.25) is 9.59 Å². The zero-order valence-electron chi connectivity index (χ0n) is 19.1. The molecule has 0 aliphatic rings. The van der Waals surface area contributed by atoms with Crippen LogP contribution in [0.25, 0.3) is 0 Å². The van der Waals surface area contributed by atoms with Crippen LogP contribution in [0.2, 0.25) is 10.0 Å². The van der Waals surface area contributed by atoms with Gasteiger partial charge in [0, 0.05) is 33.5 Å². The molecule has 34 heavy (non-hydrogen) atoms. The minimum absolute atomic E-state index is 0.00718. The molecule has 0 aromatic heterocycles. The van der Waals surface area contributed by atoms with Crippen molar-refractivity contribution in [1.29, 1.82) is 0 Å². The first-order chi connectivity index (χ1) is 16.2. The summed E-state index contributed by atoms with van der Waals surface area (Å²) in [6.45, 7) is 4.08. The van der Waals surface area contributed by atoms with Gasteiger partial charge in [0.2, 0.25) is 11.8 Å². The summed E-state index contributed by atoms with van der Waals surface area (Å²) in [7, 11) is 0. The first kappa shape index (κ1) is 26.3. The second kappa shape index (κ2) is 12.4. The van der Waals surface area contributed by atoms with E-state index in [0.29, 0.717) is 22.0 Å². The molecule has 0 unspecified atom stereocenters. The molecule has 0 radical (unpaired) electrons. The molecule has 0 spiro atoms. The summed E-state index contributed by atoms with van der Waals surface area (Å²) >= 11 is 16.2. The molecule has 4 nitrogen and oxygen atoms in total. The van der Waals surface area contributed by atoms with Crippen molar-refractivity contribution in [3.63, 3.8) is 0 Å². The van der Waals surface area contributed by atoms with Crippen molar-refractivity contribution in [3.05, 3.63) is 104 Å². The molecule has 2 amide bonds. The number of benzene rings is 3. The van der Waals surface area contributed by atoms with Crippen molar-refractivity contribution in [1.82, 2.24) is 10.2 Å². The Balaban J connectivity index is 2.01. The largest absolute Gasteiger partial charge is 0.352 e. The molecule has 3 aromatic rings. The molecule has 0 bridgehead atoms. The van der Waals surface area contributed by atoms with E-state index < -0.39 is 6.04 Å². The van der Waals surface area contributed by atoms with E-state index >= 15 is 0 Å². The Morgan fingerprint density at radius 3 is 2.15 bits per heavy atom. The fraction of sp³-hybridized carbons (Fsp3) is 0.259. The third-order valence-electron chi connectivity index (χ3n) is 5.33. The van der Waals surface area contributed by atoms with Crippen molar-refractivity contribution in [2.75, 3.05) is 0 Å². The van der Waals surface area contributed by atoms with Crippen LogP contribution in [0.1, 0.15) is 30.5 Å². The van der Waals surface area contributed by atoms with Gasteiger partial charge in [-0.25, -0.2) is 0 Å². The summed E-state index contributed by atoms with van der Waals surface area (Å²) in [5.41, 5.74) is 2.43. The molecule has 7 heteroatoms. The van der Waals surface area contributed by atoms with Gasteiger partial charge >= 0.3 is 0 Å². The van der Waals surface area contributed by atoms with Gasteiger partial charge in [-0.05, 0) is 54.8 Å². The van der Waals surface area contributed by atoms with Gasteiger partial charge in [0.1, 0.15) is 6.04 Å². The lowest BCUT2D eigenvalue weighted by atomic mass is 10.0. The summed E-state index contributed by atoms with van der Waals surface area (Å²) in [5.74, 6) is -0.428. The first-order valence-corrected chi connectivity index (χ1v) is 12.6. The highest BCUT2D eigenvalue weighted by atomic mass is 79.9. The maximum absolute atomic E-state index is 13.7. The van der Waals surface area contributed by atoms with Crippen LogP contribution in [0.3, 0.4) is 0 Å². The lowest BCUT2D eigenvalue weighted by Gasteiger charge is -2.32. The second-order valence-electron chi connectivity index (χ2n) is 8.40. The van der Waals surface area contributed by atoms with E-state index in [2.05, 4.69) is 21.2 Å². The van der Waals surface area contributed by atoms with E-state index in [1.54, 1.807) is 23.1 Å². The zero-order chi connectivity index (χ0) is 24.7. The normalized spacial score (nSPS) is 11.8. The minimum atomic E-state index is -0.711. The van der Waals surface area contributed by atoms with Gasteiger partial charge in [0.25, 0.3) is 0 Å². The highest BCUT2D eigenvalue weighted by Gasteiger charge is 2.31. The lowest BCUT2D eigenvalue weighted by Crippen LogP contribution is -2.52. The van der Waals surface area contributed by atoms with Crippen LogP contribution in [0.15, 0.2) is 77.3 Å². The van der Waals surface area contributed by atoms with Gasteiger partial charge < -0.3 is 10.2 Å². The van der Waals surface area contributed by atoms with E-state index in [1.807, 2.05) is 68.4 Å². The molecule has 1 atom stereocenters. The predicted octanol–water partition coefficient (Wildman–Crippen LogP) is 6.46. The molecule has 178 valence electrons. The summed E-state index contributed by atoms with van der Waals surface area (Å²) in [4.78, 5) is 28.8. The Hall–Kier alpha value is -2.34. The standard InChI is InChI=1S/C27H27BrCl2N2O2/c1-18(2)31-27(34)25(15-19-8-4-3-5-9-19)32(17-20-10-6-11-21(28)14-20)26(33)16-22-23(29)12-7-13-24(22)30/h3-14,18,25H,15-17H2,1-2H3,(H,31,34)/t25-/m1/s1. The maximum atomic E-state index is 13.7. The Kier molecular flexibility index (Phi) is 9.57. The number of hydrogen-bond donors (Lipinski definition) is 1. The predicted molar refractivity (Wildman–Crippen MR) is 142 cm³/mol. The van der Waals surface area contributed by atoms with Crippen LogP contribution in [0.4, 0.5) is 0 Å². The SMILES string of the molecule is CC(C)NC(=O)[C@@H](Cc1ccccc1)N(Cc1cccc(Br)c1)C(=O)Cc1c(Cl)cccc1Cl. The molecule has 0 fully saturated rings. The van der Waals surface area contributed by atoms with Gasteiger partial charge in [-0.2, -0.15) is 0 Å². The van der Waals surface area contributed by atoms with Gasteiger partial charge in [-0.15, -0.1) is 0 Å². The van der Waals surface area contributed by atoms with Crippen LogP contribution >= 0.6 is 39.1 Å². The molecule has 0 saturated heterocycles. The molecule has 0 aliphatic heterocycles. The lowest BCUT2D eigenvalue weighted by molar-refractivity contribution is -0.141. The topological polar surface area (TPSA) is 49.4 Å². The van der Waals surface area contributed by atoms with Crippen LogP contribution in [-0.2, 0) is 29.0 Å². The Morgan fingerprint density at radius 2 is 1.53 bits per heavy atom. The van der Waals surface area contributed by atoms with Crippen LogP contribution < -0.4 is 5.32 Å². The number of amides is 2. The summed E-state index contributed by atoms with van der Waals surface area (Å²) in [6, 6.07) is 21.8.